The number of urea groups is 1. The zero-order chi connectivity index (χ0) is 20.0. The Morgan fingerprint density at radius 3 is 2.30 bits per heavy atom. The van der Waals surface area contributed by atoms with Gasteiger partial charge in [0.1, 0.15) is 0 Å². The molecule has 1 aromatic rings. The molecule has 2 rings (SSSR count). The van der Waals surface area contributed by atoms with E-state index in [2.05, 4.69) is 29.4 Å². The van der Waals surface area contributed by atoms with Crippen molar-refractivity contribution in [2.75, 3.05) is 18.0 Å². The summed E-state index contributed by atoms with van der Waals surface area (Å²) in [4.78, 5) is 27.2. The number of hydrogen-bond donors (Lipinski definition) is 2. The Morgan fingerprint density at radius 2 is 1.78 bits per heavy atom. The maximum atomic E-state index is 12.8. The van der Waals surface area contributed by atoms with Crippen molar-refractivity contribution in [1.29, 1.82) is 0 Å². The number of rotatable bonds is 8. The summed E-state index contributed by atoms with van der Waals surface area (Å²) >= 11 is 0. The van der Waals surface area contributed by atoms with Gasteiger partial charge in [0.05, 0.1) is 17.7 Å². The molecule has 0 fully saturated rings. The molecule has 0 saturated carbocycles. The fraction of sp³-hybridized carbons (Fsp3) is 0.524. The van der Waals surface area contributed by atoms with Gasteiger partial charge in [0.15, 0.2) is 0 Å². The lowest BCUT2D eigenvalue weighted by molar-refractivity contribution is -0.143. The van der Waals surface area contributed by atoms with Crippen molar-refractivity contribution in [2.45, 2.75) is 59.6 Å². The number of carbonyl (C=O) groups excluding carboxylic acids is 2. The van der Waals surface area contributed by atoms with Gasteiger partial charge in [-0.05, 0) is 51.8 Å². The van der Waals surface area contributed by atoms with Crippen molar-refractivity contribution >= 4 is 17.7 Å². The highest BCUT2D eigenvalue weighted by Gasteiger charge is 2.33. The predicted octanol–water partition coefficient (Wildman–Crippen LogP) is 3.89. The second-order valence-electron chi connectivity index (χ2n) is 6.89. The van der Waals surface area contributed by atoms with Crippen molar-refractivity contribution in [3.63, 3.8) is 0 Å². The maximum absolute atomic E-state index is 12.8. The number of allylic oxidation sites excluding steroid dienone is 1. The van der Waals surface area contributed by atoms with Crippen LogP contribution >= 0.6 is 0 Å². The molecule has 1 atom stereocenters. The van der Waals surface area contributed by atoms with Crippen molar-refractivity contribution in [1.82, 2.24) is 10.6 Å². The molecule has 148 valence electrons. The van der Waals surface area contributed by atoms with Crippen LogP contribution in [0.5, 0.6) is 0 Å². The second-order valence-corrected chi connectivity index (χ2v) is 6.89. The first kappa shape index (κ1) is 20.8. The first-order valence-corrected chi connectivity index (χ1v) is 9.77. The van der Waals surface area contributed by atoms with Crippen LogP contribution in [0.25, 0.3) is 0 Å². The Kier molecular flexibility index (Phi) is 7.28. The van der Waals surface area contributed by atoms with E-state index >= 15 is 0 Å². The quantitative estimate of drug-likeness (QED) is 0.678. The lowest BCUT2D eigenvalue weighted by atomic mass is 9.93. The van der Waals surface area contributed by atoms with Crippen molar-refractivity contribution < 1.29 is 14.3 Å². The van der Waals surface area contributed by atoms with Crippen LogP contribution in [0, 0.1) is 0 Å². The molecule has 0 bridgehead atoms. The van der Waals surface area contributed by atoms with Gasteiger partial charge in [0.25, 0.3) is 0 Å². The molecule has 0 spiro atoms. The van der Waals surface area contributed by atoms with Gasteiger partial charge in [-0.2, -0.15) is 0 Å². The molecule has 1 heterocycles. The first-order valence-electron chi connectivity index (χ1n) is 9.77. The highest BCUT2D eigenvalue weighted by atomic mass is 16.5. The summed E-state index contributed by atoms with van der Waals surface area (Å²) < 4.78 is 5.45. The molecule has 0 aromatic heterocycles. The Hall–Kier alpha value is -2.50. The summed E-state index contributed by atoms with van der Waals surface area (Å²) in [5, 5.41) is 5.67. The lowest BCUT2D eigenvalue weighted by Gasteiger charge is -2.30. The van der Waals surface area contributed by atoms with Gasteiger partial charge in [-0.1, -0.05) is 25.5 Å². The Bertz CT molecular complexity index is 691. The zero-order valence-corrected chi connectivity index (χ0v) is 17.0. The van der Waals surface area contributed by atoms with E-state index in [1.807, 2.05) is 45.0 Å². The van der Waals surface area contributed by atoms with Crippen LogP contribution in [0.1, 0.15) is 59.1 Å². The van der Waals surface area contributed by atoms with Crippen LogP contribution < -0.4 is 15.5 Å². The molecule has 6 heteroatoms. The molecule has 1 aromatic carbocycles. The summed E-state index contributed by atoms with van der Waals surface area (Å²) in [5.74, 6) is -0.390. The maximum Gasteiger partial charge on any atom is 0.338 e. The van der Waals surface area contributed by atoms with Gasteiger partial charge < -0.3 is 20.3 Å². The predicted molar refractivity (Wildman–Crippen MR) is 108 cm³/mol. The van der Waals surface area contributed by atoms with E-state index in [4.69, 9.17) is 4.74 Å². The number of benzene rings is 1. The van der Waals surface area contributed by atoms with Crippen molar-refractivity contribution in [3.8, 4) is 0 Å². The van der Waals surface area contributed by atoms with Gasteiger partial charge >= 0.3 is 12.0 Å². The summed E-state index contributed by atoms with van der Waals surface area (Å²) in [6, 6.07) is 7.18. The molecule has 2 N–H and O–H groups in total. The van der Waals surface area contributed by atoms with Crippen LogP contribution in [0.4, 0.5) is 10.5 Å². The Morgan fingerprint density at radius 1 is 1.15 bits per heavy atom. The third kappa shape index (κ3) is 5.02. The molecule has 0 saturated heterocycles. The number of anilines is 1. The normalized spacial score (nSPS) is 16.8. The SMILES string of the molecule is CCCC1=C(C(=O)OC(C)C)C(c2ccc(N(CC)CC)cc2)NC(=O)N1. The number of hydrogen-bond acceptors (Lipinski definition) is 4. The standard InChI is InChI=1S/C21H31N3O3/c1-6-9-17-18(20(25)27-14(4)5)19(23-21(26)22-17)15-10-12-16(13-11-15)24(7-2)8-3/h10-14,19H,6-9H2,1-5H3,(H2,22,23,26). The minimum absolute atomic E-state index is 0.226. The van der Waals surface area contributed by atoms with Gasteiger partial charge in [-0.3, -0.25) is 0 Å². The molecule has 2 amide bonds. The third-order valence-corrected chi connectivity index (χ3v) is 4.57. The van der Waals surface area contributed by atoms with Gasteiger partial charge in [-0.15, -0.1) is 0 Å². The lowest BCUT2D eigenvalue weighted by Crippen LogP contribution is -2.46. The Balaban J connectivity index is 2.42. The summed E-state index contributed by atoms with van der Waals surface area (Å²) in [6.07, 6.45) is 1.21. The number of nitrogens with zero attached hydrogens (tertiary/aromatic N) is 1. The second kappa shape index (κ2) is 9.44. The summed E-state index contributed by atoms with van der Waals surface area (Å²) in [7, 11) is 0. The van der Waals surface area contributed by atoms with E-state index in [1.54, 1.807) is 0 Å². The van der Waals surface area contributed by atoms with E-state index in [1.165, 1.54) is 0 Å². The fourth-order valence-corrected chi connectivity index (χ4v) is 3.30. The molecule has 0 radical (unpaired) electrons. The third-order valence-electron chi connectivity index (χ3n) is 4.57. The fourth-order valence-electron chi connectivity index (χ4n) is 3.30. The number of ether oxygens (including phenoxy) is 1. The monoisotopic (exact) mass is 373 g/mol. The highest BCUT2D eigenvalue weighted by molar-refractivity contribution is 5.95. The molecule has 0 aliphatic carbocycles. The zero-order valence-electron chi connectivity index (χ0n) is 17.0. The molecular weight excluding hydrogens is 342 g/mol. The highest BCUT2D eigenvalue weighted by Crippen LogP contribution is 2.30. The number of nitrogens with one attached hydrogen (secondary N) is 2. The summed E-state index contributed by atoms with van der Waals surface area (Å²) in [5.41, 5.74) is 3.11. The molecule has 27 heavy (non-hydrogen) atoms. The van der Waals surface area contributed by atoms with Crippen LogP contribution in [-0.2, 0) is 9.53 Å². The van der Waals surface area contributed by atoms with Crippen LogP contribution in [-0.4, -0.2) is 31.2 Å². The van der Waals surface area contributed by atoms with E-state index in [0.717, 1.165) is 30.8 Å². The molecule has 1 aliphatic heterocycles. The minimum Gasteiger partial charge on any atom is -0.459 e. The number of esters is 1. The largest absolute Gasteiger partial charge is 0.459 e. The van der Waals surface area contributed by atoms with Crippen LogP contribution in [0.3, 0.4) is 0 Å². The van der Waals surface area contributed by atoms with E-state index < -0.39 is 12.0 Å². The average molecular weight is 373 g/mol. The average Bonchev–Trinajstić information content (AvgIpc) is 2.62. The Labute approximate surface area is 162 Å². The molecule has 1 aliphatic rings. The van der Waals surface area contributed by atoms with Gasteiger partial charge in [0.2, 0.25) is 0 Å². The van der Waals surface area contributed by atoms with Crippen molar-refractivity contribution in [3.05, 3.63) is 41.1 Å². The molecule has 6 nitrogen and oxygen atoms in total. The van der Waals surface area contributed by atoms with E-state index in [0.29, 0.717) is 17.7 Å². The smallest absolute Gasteiger partial charge is 0.338 e. The van der Waals surface area contributed by atoms with Crippen molar-refractivity contribution in [2.24, 2.45) is 0 Å². The number of carbonyl (C=O) groups is 2. The molecular formula is C21H31N3O3. The molecule has 1 unspecified atom stereocenters. The summed E-state index contributed by atoms with van der Waals surface area (Å²) in [6.45, 7) is 11.7. The minimum atomic E-state index is -0.516. The number of amides is 2. The van der Waals surface area contributed by atoms with Crippen LogP contribution in [0.2, 0.25) is 0 Å². The van der Waals surface area contributed by atoms with Crippen LogP contribution in [0.15, 0.2) is 35.5 Å². The van der Waals surface area contributed by atoms with Gasteiger partial charge in [0, 0.05) is 24.5 Å². The first-order chi connectivity index (χ1) is 12.9. The van der Waals surface area contributed by atoms with Gasteiger partial charge in [-0.25, -0.2) is 9.59 Å². The van der Waals surface area contributed by atoms with E-state index in [-0.39, 0.29) is 12.1 Å². The topological polar surface area (TPSA) is 70.7 Å². The van der Waals surface area contributed by atoms with E-state index in [9.17, 15) is 9.59 Å².